The zero-order valence-corrected chi connectivity index (χ0v) is 12.4. The molecular weight excluding hydrogens is 244 g/mol. The average molecular weight is 266 g/mol. The zero-order valence-electron chi connectivity index (χ0n) is 10.6. The fourth-order valence-electron chi connectivity index (χ4n) is 1.33. The molecule has 0 aliphatic carbocycles. The Hall–Kier alpha value is -0.0131. The number of hydrogen-bond donors (Lipinski definition) is 0. The molecule has 6 heteroatoms. The highest BCUT2D eigenvalue weighted by Gasteiger charge is 2.42. The standard InChI is InChI=1S/C10H22O4SSi/c1-5-11-10(15)9-16(12-6-2,13-7-3)14-8-4/h5-9H2,1-4H3. The van der Waals surface area contributed by atoms with E-state index in [1.807, 2.05) is 27.7 Å². The molecule has 0 atom stereocenters. The topological polar surface area (TPSA) is 36.9 Å². The van der Waals surface area contributed by atoms with E-state index in [0.29, 0.717) is 37.5 Å². The average Bonchev–Trinajstić information content (AvgIpc) is 2.18. The molecule has 0 rings (SSSR count). The smallest absolute Gasteiger partial charge is 0.487 e. The third-order valence-corrected chi connectivity index (χ3v) is 5.22. The van der Waals surface area contributed by atoms with E-state index in [1.54, 1.807) is 0 Å². The molecule has 0 radical (unpaired) electrons. The fraction of sp³-hybridized carbons (Fsp3) is 0.900. The minimum Gasteiger partial charge on any atom is -0.487 e. The molecule has 0 heterocycles. The fourth-order valence-corrected chi connectivity index (χ4v) is 4.31. The van der Waals surface area contributed by atoms with Crippen molar-refractivity contribution in [3.8, 4) is 0 Å². The predicted octanol–water partition coefficient (Wildman–Crippen LogP) is 2.40. The molecule has 0 amide bonds. The molecule has 0 aromatic carbocycles. The Labute approximate surface area is 105 Å². The van der Waals surface area contributed by atoms with Gasteiger partial charge in [-0.15, -0.1) is 0 Å². The van der Waals surface area contributed by atoms with Crippen molar-refractivity contribution in [1.82, 2.24) is 0 Å². The lowest BCUT2D eigenvalue weighted by atomic mass is 10.8. The van der Waals surface area contributed by atoms with E-state index in [2.05, 4.69) is 0 Å². The molecule has 0 saturated heterocycles. The molecule has 0 aromatic rings. The molecular formula is C10H22O4SSi. The SMILES string of the molecule is CCOC(=S)C[Si](OCC)(OCC)OCC. The van der Waals surface area contributed by atoms with Crippen molar-refractivity contribution in [2.24, 2.45) is 0 Å². The third kappa shape index (κ3) is 5.91. The van der Waals surface area contributed by atoms with Crippen molar-refractivity contribution >= 4 is 26.1 Å². The quantitative estimate of drug-likeness (QED) is 0.473. The molecule has 0 spiro atoms. The van der Waals surface area contributed by atoms with Gasteiger partial charge in [0.15, 0.2) is 5.05 Å². The largest absolute Gasteiger partial charge is 0.509 e. The summed E-state index contributed by atoms with van der Waals surface area (Å²) in [6.07, 6.45) is 0. The van der Waals surface area contributed by atoms with Crippen LogP contribution < -0.4 is 0 Å². The van der Waals surface area contributed by atoms with Gasteiger partial charge in [-0.3, -0.25) is 0 Å². The summed E-state index contributed by atoms with van der Waals surface area (Å²) in [7, 11) is -2.66. The van der Waals surface area contributed by atoms with Crippen LogP contribution in [-0.4, -0.2) is 40.3 Å². The summed E-state index contributed by atoms with van der Waals surface area (Å²) >= 11 is 5.12. The first-order valence-electron chi connectivity index (χ1n) is 5.71. The van der Waals surface area contributed by atoms with Crippen LogP contribution in [0.25, 0.3) is 0 Å². The van der Waals surface area contributed by atoms with E-state index in [1.165, 1.54) is 0 Å². The van der Waals surface area contributed by atoms with Gasteiger partial charge in [-0.05, 0) is 39.9 Å². The van der Waals surface area contributed by atoms with Gasteiger partial charge in [0.2, 0.25) is 0 Å². The molecule has 0 aromatic heterocycles. The maximum absolute atomic E-state index is 5.65. The van der Waals surface area contributed by atoms with Gasteiger partial charge >= 0.3 is 8.80 Å². The van der Waals surface area contributed by atoms with Crippen LogP contribution in [0.2, 0.25) is 6.04 Å². The van der Waals surface area contributed by atoms with Gasteiger partial charge in [0.1, 0.15) is 0 Å². The van der Waals surface area contributed by atoms with Crippen molar-refractivity contribution in [2.45, 2.75) is 33.7 Å². The first kappa shape index (κ1) is 16.0. The Morgan fingerprint density at radius 2 is 1.31 bits per heavy atom. The van der Waals surface area contributed by atoms with E-state index in [4.69, 9.17) is 30.2 Å². The van der Waals surface area contributed by atoms with Gasteiger partial charge in [0.25, 0.3) is 0 Å². The van der Waals surface area contributed by atoms with Crippen molar-refractivity contribution < 1.29 is 18.0 Å². The van der Waals surface area contributed by atoms with Crippen LogP contribution in [-0.2, 0) is 18.0 Å². The van der Waals surface area contributed by atoms with Crippen molar-refractivity contribution in [1.29, 1.82) is 0 Å². The van der Waals surface area contributed by atoms with Crippen LogP contribution in [0.1, 0.15) is 27.7 Å². The van der Waals surface area contributed by atoms with E-state index in [-0.39, 0.29) is 0 Å². The molecule has 4 nitrogen and oxygen atoms in total. The Balaban J connectivity index is 4.51. The summed E-state index contributed by atoms with van der Waals surface area (Å²) in [5.41, 5.74) is 0. The highest BCUT2D eigenvalue weighted by molar-refractivity contribution is 7.80. The molecule has 16 heavy (non-hydrogen) atoms. The first-order chi connectivity index (χ1) is 7.64. The van der Waals surface area contributed by atoms with Gasteiger partial charge < -0.3 is 18.0 Å². The van der Waals surface area contributed by atoms with Crippen LogP contribution in [0.3, 0.4) is 0 Å². The van der Waals surface area contributed by atoms with Gasteiger partial charge in [-0.1, -0.05) is 0 Å². The maximum Gasteiger partial charge on any atom is 0.509 e. The van der Waals surface area contributed by atoms with Gasteiger partial charge in [0.05, 0.1) is 12.7 Å². The minimum absolute atomic E-state index is 0.450. The first-order valence-corrected chi connectivity index (χ1v) is 8.05. The van der Waals surface area contributed by atoms with Crippen LogP contribution >= 0.6 is 12.2 Å². The van der Waals surface area contributed by atoms with Crippen LogP contribution in [0.5, 0.6) is 0 Å². The molecule has 0 unspecified atom stereocenters. The molecule has 96 valence electrons. The van der Waals surface area contributed by atoms with Gasteiger partial charge in [0, 0.05) is 19.8 Å². The Kier molecular flexibility index (Phi) is 9.05. The predicted molar refractivity (Wildman–Crippen MR) is 69.7 cm³/mol. The summed E-state index contributed by atoms with van der Waals surface area (Å²) in [5.74, 6) is 0. The van der Waals surface area contributed by atoms with Gasteiger partial charge in [-0.2, -0.15) is 0 Å². The van der Waals surface area contributed by atoms with Crippen molar-refractivity contribution in [3.63, 3.8) is 0 Å². The minimum atomic E-state index is -2.66. The van der Waals surface area contributed by atoms with E-state index < -0.39 is 8.80 Å². The second-order valence-electron chi connectivity index (χ2n) is 2.96. The van der Waals surface area contributed by atoms with E-state index >= 15 is 0 Å². The highest BCUT2D eigenvalue weighted by Crippen LogP contribution is 2.17. The summed E-state index contributed by atoms with van der Waals surface area (Å²) in [4.78, 5) is 0. The summed E-state index contributed by atoms with van der Waals surface area (Å²) in [5, 5.41) is 0.504. The summed E-state index contributed by atoms with van der Waals surface area (Å²) in [6, 6.07) is 0.450. The monoisotopic (exact) mass is 266 g/mol. The van der Waals surface area contributed by atoms with E-state index in [0.717, 1.165) is 0 Å². The number of hydrogen-bond acceptors (Lipinski definition) is 5. The lowest BCUT2D eigenvalue weighted by Crippen LogP contribution is -2.47. The molecule has 0 fully saturated rings. The van der Waals surface area contributed by atoms with Gasteiger partial charge in [-0.25, -0.2) is 0 Å². The highest BCUT2D eigenvalue weighted by atomic mass is 32.1. The Bertz CT molecular complexity index is 184. The summed E-state index contributed by atoms with van der Waals surface area (Å²) in [6.45, 7) is 9.89. The lowest BCUT2D eigenvalue weighted by Gasteiger charge is -2.28. The Morgan fingerprint density at radius 3 is 1.62 bits per heavy atom. The van der Waals surface area contributed by atoms with Crippen molar-refractivity contribution in [3.05, 3.63) is 0 Å². The second-order valence-corrected chi connectivity index (χ2v) is 6.00. The maximum atomic E-state index is 5.65. The molecule has 0 saturated carbocycles. The second kappa shape index (κ2) is 9.06. The molecule has 0 aliphatic heterocycles. The molecule has 0 bridgehead atoms. The number of ether oxygens (including phenoxy) is 1. The third-order valence-electron chi connectivity index (χ3n) is 1.76. The zero-order chi connectivity index (χ0) is 12.4. The van der Waals surface area contributed by atoms with E-state index in [9.17, 15) is 0 Å². The number of thiocarbonyl (C=S) groups is 1. The Morgan fingerprint density at radius 1 is 0.875 bits per heavy atom. The normalized spacial score (nSPS) is 11.5. The van der Waals surface area contributed by atoms with Crippen LogP contribution in [0.4, 0.5) is 0 Å². The molecule has 0 N–H and O–H groups in total. The lowest BCUT2D eigenvalue weighted by molar-refractivity contribution is 0.0741. The summed E-state index contributed by atoms with van der Waals surface area (Å²) < 4.78 is 22.2. The number of rotatable bonds is 9. The molecule has 0 aliphatic rings. The van der Waals surface area contributed by atoms with Crippen molar-refractivity contribution in [2.75, 3.05) is 26.4 Å². The van der Waals surface area contributed by atoms with Crippen LogP contribution in [0, 0.1) is 0 Å². The van der Waals surface area contributed by atoms with Crippen LogP contribution in [0.15, 0.2) is 0 Å².